The Balaban J connectivity index is 1.57. The van der Waals surface area contributed by atoms with Crippen molar-refractivity contribution in [3.63, 3.8) is 0 Å². The fraction of sp³-hybridized carbons (Fsp3) is 0.375. The Morgan fingerprint density at radius 2 is 2.23 bits per heavy atom. The maximum atomic E-state index is 12.1. The molecule has 1 atom stereocenters. The molecule has 5 nitrogen and oxygen atoms in total. The molecule has 0 radical (unpaired) electrons. The highest BCUT2D eigenvalue weighted by molar-refractivity contribution is 7.99. The SMILES string of the molecule is O=C(NCC1(O)CCSC1)c1cnn(Cc2ccccc2)c1. The van der Waals surface area contributed by atoms with E-state index in [1.165, 1.54) is 0 Å². The quantitative estimate of drug-likeness (QED) is 0.877. The molecule has 1 fully saturated rings. The molecule has 0 saturated carbocycles. The van der Waals surface area contributed by atoms with Crippen LogP contribution in [0, 0.1) is 0 Å². The molecule has 0 spiro atoms. The van der Waals surface area contributed by atoms with Gasteiger partial charge < -0.3 is 10.4 Å². The number of hydrogen-bond donors (Lipinski definition) is 2. The van der Waals surface area contributed by atoms with E-state index in [4.69, 9.17) is 0 Å². The molecule has 116 valence electrons. The molecule has 1 aliphatic heterocycles. The van der Waals surface area contributed by atoms with Gasteiger partial charge >= 0.3 is 0 Å². The number of carbonyl (C=O) groups is 1. The molecule has 2 aromatic rings. The van der Waals surface area contributed by atoms with Crippen LogP contribution >= 0.6 is 11.8 Å². The number of nitrogens with zero attached hydrogens (tertiary/aromatic N) is 2. The fourth-order valence-electron chi connectivity index (χ4n) is 2.42. The number of hydrogen-bond acceptors (Lipinski definition) is 4. The van der Waals surface area contributed by atoms with Gasteiger partial charge in [-0.3, -0.25) is 9.48 Å². The minimum Gasteiger partial charge on any atom is -0.387 e. The summed E-state index contributed by atoms with van der Waals surface area (Å²) in [6.07, 6.45) is 4.02. The van der Waals surface area contributed by atoms with Crippen LogP contribution in [0.2, 0.25) is 0 Å². The number of nitrogens with one attached hydrogen (secondary N) is 1. The summed E-state index contributed by atoms with van der Waals surface area (Å²) in [5, 5.41) is 17.3. The second-order valence-electron chi connectivity index (χ2n) is 5.62. The van der Waals surface area contributed by atoms with Crippen molar-refractivity contribution in [3.05, 3.63) is 53.9 Å². The number of aliphatic hydroxyl groups is 1. The number of rotatable bonds is 5. The van der Waals surface area contributed by atoms with Gasteiger partial charge in [0.2, 0.25) is 0 Å². The van der Waals surface area contributed by atoms with Gasteiger partial charge in [0.25, 0.3) is 5.91 Å². The van der Waals surface area contributed by atoms with Crippen molar-refractivity contribution in [2.75, 3.05) is 18.1 Å². The Hall–Kier alpha value is -1.79. The average molecular weight is 317 g/mol. The standard InChI is InChI=1S/C16H19N3O2S/c20-15(17-11-16(21)6-7-22-12-16)14-8-18-19(10-14)9-13-4-2-1-3-5-13/h1-5,8,10,21H,6-7,9,11-12H2,(H,17,20). The van der Waals surface area contributed by atoms with Crippen LogP contribution in [0.25, 0.3) is 0 Å². The molecule has 1 saturated heterocycles. The highest BCUT2D eigenvalue weighted by atomic mass is 32.2. The Morgan fingerprint density at radius 3 is 2.95 bits per heavy atom. The van der Waals surface area contributed by atoms with E-state index in [0.717, 1.165) is 17.7 Å². The summed E-state index contributed by atoms with van der Waals surface area (Å²) in [7, 11) is 0. The number of thioether (sulfide) groups is 1. The summed E-state index contributed by atoms with van der Waals surface area (Å²) >= 11 is 1.72. The van der Waals surface area contributed by atoms with Gasteiger partial charge in [-0.1, -0.05) is 30.3 Å². The molecule has 0 aliphatic carbocycles. The minimum atomic E-state index is -0.764. The van der Waals surface area contributed by atoms with Crippen LogP contribution in [0.3, 0.4) is 0 Å². The predicted octanol–water partition coefficient (Wildman–Crippen LogP) is 1.53. The van der Waals surface area contributed by atoms with Gasteiger partial charge in [0.1, 0.15) is 0 Å². The summed E-state index contributed by atoms with van der Waals surface area (Å²) in [6.45, 7) is 0.928. The first-order chi connectivity index (χ1) is 10.6. The van der Waals surface area contributed by atoms with Gasteiger partial charge in [-0.05, 0) is 17.7 Å². The Bertz CT molecular complexity index is 636. The third kappa shape index (κ3) is 3.69. The molecular formula is C16H19N3O2S. The van der Waals surface area contributed by atoms with E-state index in [2.05, 4.69) is 10.4 Å². The van der Waals surface area contributed by atoms with Crippen molar-refractivity contribution in [2.45, 2.75) is 18.6 Å². The highest BCUT2D eigenvalue weighted by Gasteiger charge is 2.32. The summed E-state index contributed by atoms with van der Waals surface area (Å²) in [5.41, 5.74) is 0.889. The first-order valence-corrected chi connectivity index (χ1v) is 8.45. The van der Waals surface area contributed by atoms with Crippen LogP contribution in [-0.2, 0) is 6.54 Å². The van der Waals surface area contributed by atoms with Gasteiger partial charge in [0, 0.05) is 18.5 Å². The minimum absolute atomic E-state index is 0.190. The summed E-state index contributed by atoms with van der Waals surface area (Å²) in [6, 6.07) is 9.97. The molecule has 6 heteroatoms. The van der Waals surface area contributed by atoms with E-state index < -0.39 is 5.60 Å². The van der Waals surface area contributed by atoms with Gasteiger partial charge in [-0.15, -0.1) is 0 Å². The van der Waals surface area contributed by atoms with Crippen LogP contribution in [0.1, 0.15) is 22.3 Å². The lowest BCUT2D eigenvalue weighted by Gasteiger charge is -2.21. The van der Waals surface area contributed by atoms with Crippen LogP contribution in [0.15, 0.2) is 42.7 Å². The molecule has 3 rings (SSSR count). The molecule has 1 aliphatic rings. The van der Waals surface area contributed by atoms with E-state index in [-0.39, 0.29) is 5.91 Å². The number of benzene rings is 1. The maximum absolute atomic E-state index is 12.1. The normalized spacial score (nSPS) is 21.0. The summed E-state index contributed by atoms with van der Waals surface area (Å²) in [5.74, 6) is 1.44. The third-order valence-electron chi connectivity index (χ3n) is 3.74. The van der Waals surface area contributed by atoms with Crippen LogP contribution in [-0.4, -0.2) is 44.4 Å². The molecule has 2 heterocycles. The smallest absolute Gasteiger partial charge is 0.254 e. The van der Waals surface area contributed by atoms with Gasteiger partial charge in [-0.2, -0.15) is 16.9 Å². The zero-order valence-electron chi connectivity index (χ0n) is 12.2. The van der Waals surface area contributed by atoms with Crippen molar-refractivity contribution < 1.29 is 9.90 Å². The Labute approximate surface area is 133 Å². The zero-order chi connectivity index (χ0) is 15.4. The molecule has 2 N–H and O–H groups in total. The molecular weight excluding hydrogens is 298 g/mol. The van der Waals surface area contributed by atoms with E-state index in [1.54, 1.807) is 28.8 Å². The van der Waals surface area contributed by atoms with Crippen LogP contribution in [0.5, 0.6) is 0 Å². The molecule has 1 aromatic carbocycles. The predicted molar refractivity (Wildman–Crippen MR) is 87.0 cm³/mol. The van der Waals surface area contributed by atoms with Gasteiger partial charge in [-0.25, -0.2) is 0 Å². The molecule has 0 bridgehead atoms. The lowest BCUT2D eigenvalue weighted by molar-refractivity contribution is 0.0612. The summed E-state index contributed by atoms with van der Waals surface area (Å²) < 4.78 is 1.74. The lowest BCUT2D eigenvalue weighted by atomic mass is 10.0. The molecule has 1 unspecified atom stereocenters. The number of carbonyl (C=O) groups excluding carboxylic acids is 1. The molecule has 1 aromatic heterocycles. The average Bonchev–Trinajstić information content (AvgIpc) is 3.16. The first-order valence-electron chi connectivity index (χ1n) is 7.29. The molecule has 1 amide bonds. The largest absolute Gasteiger partial charge is 0.387 e. The fourth-order valence-corrected chi connectivity index (χ4v) is 3.72. The van der Waals surface area contributed by atoms with Crippen molar-refractivity contribution in [2.24, 2.45) is 0 Å². The van der Waals surface area contributed by atoms with E-state index in [1.807, 2.05) is 30.3 Å². The van der Waals surface area contributed by atoms with Gasteiger partial charge in [0.15, 0.2) is 0 Å². The number of aromatic nitrogens is 2. The zero-order valence-corrected chi connectivity index (χ0v) is 13.1. The Kier molecular flexibility index (Phi) is 4.49. The van der Waals surface area contributed by atoms with E-state index in [0.29, 0.717) is 24.4 Å². The van der Waals surface area contributed by atoms with Crippen molar-refractivity contribution in [3.8, 4) is 0 Å². The second-order valence-corrected chi connectivity index (χ2v) is 6.73. The Morgan fingerprint density at radius 1 is 1.41 bits per heavy atom. The summed E-state index contributed by atoms with van der Waals surface area (Å²) in [4.78, 5) is 12.1. The van der Waals surface area contributed by atoms with Gasteiger partial charge in [0.05, 0.1) is 23.9 Å². The van der Waals surface area contributed by atoms with Crippen LogP contribution < -0.4 is 5.32 Å². The molecule has 22 heavy (non-hydrogen) atoms. The van der Waals surface area contributed by atoms with E-state index >= 15 is 0 Å². The monoisotopic (exact) mass is 317 g/mol. The van der Waals surface area contributed by atoms with Crippen molar-refractivity contribution in [1.82, 2.24) is 15.1 Å². The number of amides is 1. The van der Waals surface area contributed by atoms with Crippen molar-refractivity contribution >= 4 is 17.7 Å². The maximum Gasteiger partial charge on any atom is 0.254 e. The third-order valence-corrected chi connectivity index (χ3v) is 4.98. The lowest BCUT2D eigenvalue weighted by Crippen LogP contribution is -2.42. The first kappa shape index (κ1) is 15.1. The van der Waals surface area contributed by atoms with Crippen LogP contribution in [0.4, 0.5) is 0 Å². The van der Waals surface area contributed by atoms with Crippen molar-refractivity contribution in [1.29, 1.82) is 0 Å². The second kappa shape index (κ2) is 6.54. The van der Waals surface area contributed by atoms with E-state index in [9.17, 15) is 9.90 Å². The topological polar surface area (TPSA) is 67.2 Å². The highest BCUT2D eigenvalue weighted by Crippen LogP contribution is 2.27.